The largest absolute Gasteiger partial charge is 0.450 e. The summed E-state index contributed by atoms with van der Waals surface area (Å²) >= 11 is 0. The van der Waals surface area contributed by atoms with Crippen molar-refractivity contribution in [2.75, 3.05) is 0 Å². The van der Waals surface area contributed by atoms with E-state index in [0.29, 0.717) is 19.3 Å². The smallest absolute Gasteiger partial charge is 0.311 e. The highest BCUT2D eigenvalue weighted by Crippen LogP contribution is 2.30. The van der Waals surface area contributed by atoms with Crippen LogP contribution in [-0.4, -0.2) is 23.5 Å². The number of aldehydes is 1. The molecule has 2 rings (SSSR count). The Balaban J connectivity index is 1.84. The highest BCUT2D eigenvalue weighted by molar-refractivity contribution is 5.87. The van der Waals surface area contributed by atoms with E-state index in [4.69, 9.17) is 9.47 Å². The van der Waals surface area contributed by atoms with Crippen molar-refractivity contribution in [2.45, 2.75) is 44.5 Å². The number of carbonyl (C=O) groups excluding carboxylic acids is 2. The van der Waals surface area contributed by atoms with Crippen molar-refractivity contribution in [3.63, 3.8) is 0 Å². The monoisotopic (exact) mass is 288 g/mol. The van der Waals surface area contributed by atoms with Crippen LogP contribution in [0.2, 0.25) is 0 Å². The normalized spacial score (nSPS) is 21.9. The van der Waals surface area contributed by atoms with Gasteiger partial charge in [-0.2, -0.15) is 0 Å². The SMILES string of the molecule is CC(C)(/C=C/C[C@@]1(C=O)CC(=O)O1)OCc1ccccc1. The van der Waals surface area contributed by atoms with E-state index >= 15 is 0 Å². The minimum absolute atomic E-state index is 0.159. The van der Waals surface area contributed by atoms with Crippen LogP contribution in [0.15, 0.2) is 42.5 Å². The molecular weight excluding hydrogens is 268 g/mol. The lowest BCUT2D eigenvalue weighted by Gasteiger charge is -2.34. The van der Waals surface area contributed by atoms with Gasteiger partial charge in [0.1, 0.15) is 0 Å². The first-order chi connectivity index (χ1) is 9.95. The van der Waals surface area contributed by atoms with Gasteiger partial charge in [-0.15, -0.1) is 0 Å². The van der Waals surface area contributed by atoms with E-state index in [9.17, 15) is 9.59 Å². The number of hydrogen-bond acceptors (Lipinski definition) is 4. The average molecular weight is 288 g/mol. The summed E-state index contributed by atoms with van der Waals surface area (Å²) in [5, 5.41) is 0. The Kier molecular flexibility index (Phi) is 4.58. The van der Waals surface area contributed by atoms with Crippen molar-refractivity contribution in [1.82, 2.24) is 0 Å². The predicted molar refractivity (Wildman–Crippen MR) is 78.6 cm³/mol. The molecule has 0 amide bonds. The second-order valence-electron chi connectivity index (χ2n) is 5.82. The van der Waals surface area contributed by atoms with Crippen molar-refractivity contribution in [3.05, 3.63) is 48.0 Å². The molecule has 0 bridgehead atoms. The third kappa shape index (κ3) is 4.26. The Bertz CT molecular complexity index is 523. The summed E-state index contributed by atoms with van der Waals surface area (Å²) in [6, 6.07) is 9.93. The van der Waals surface area contributed by atoms with Gasteiger partial charge in [-0.25, -0.2) is 0 Å². The summed E-state index contributed by atoms with van der Waals surface area (Å²) in [5.41, 5.74) is -0.298. The first-order valence-electron chi connectivity index (χ1n) is 6.98. The summed E-state index contributed by atoms with van der Waals surface area (Å²) in [6.07, 6.45) is 4.99. The zero-order chi connectivity index (χ0) is 15.3. The van der Waals surface area contributed by atoms with Gasteiger partial charge in [0, 0.05) is 6.42 Å². The molecule has 21 heavy (non-hydrogen) atoms. The maximum Gasteiger partial charge on any atom is 0.311 e. The molecule has 1 aliphatic heterocycles. The lowest BCUT2D eigenvalue weighted by atomic mass is 9.91. The van der Waals surface area contributed by atoms with Crippen molar-refractivity contribution in [2.24, 2.45) is 0 Å². The molecule has 0 aromatic heterocycles. The lowest BCUT2D eigenvalue weighted by molar-refractivity contribution is -0.189. The molecule has 1 saturated heterocycles. The molecular formula is C17H20O4. The fourth-order valence-corrected chi connectivity index (χ4v) is 2.12. The Morgan fingerprint density at radius 1 is 1.33 bits per heavy atom. The van der Waals surface area contributed by atoms with E-state index in [2.05, 4.69) is 0 Å². The number of esters is 1. The molecule has 0 saturated carbocycles. The van der Waals surface area contributed by atoms with Gasteiger partial charge >= 0.3 is 5.97 Å². The Morgan fingerprint density at radius 3 is 2.57 bits per heavy atom. The summed E-state index contributed by atoms with van der Waals surface area (Å²) in [5.74, 6) is -0.324. The molecule has 0 radical (unpaired) electrons. The molecule has 1 aromatic rings. The van der Waals surface area contributed by atoms with Crippen LogP contribution in [0.4, 0.5) is 0 Å². The molecule has 4 nitrogen and oxygen atoms in total. The number of carbonyl (C=O) groups is 2. The fraction of sp³-hybridized carbons (Fsp3) is 0.412. The molecule has 0 N–H and O–H groups in total. The van der Waals surface area contributed by atoms with Crippen LogP contribution in [0.25, 0.3) is 0 Å². The maximum atomic E-state index is 11.0. The Morgan fingerprint density at radius 2 is 2.00 bits per heavy atom. The number of benzene rings is 1. The van der Waals surface area contributed by atoms with Crippen LogP contribution in [-0.2, 0) is 25.7 Å². The highest BCUT2D eigenvalue weighted by atomic mass is 16.6. The van der Waals surface area contributed by atoms with Gasteiger partial charge in [0.05, 0.1) is 18.6 Å². The molecule has 0 unspecified atom stereocenters. The van der Waals surface area contributed by atoms with Crippen molar-refractivity contribution < 1.29 is 19.1 Å². The summed E-state index contributed by atoms with van der Waals surface area (Å²) < 4.78 is 10.8. The molecule has 4 heteroatoms. The van der Waals surface area contributed by atoms with Gasteiger partial charge in [-0.05, 0) is 19.4 Å². The van der Waals surface area contributed by atoms with Gasteiger partial charge in [0.25, 0.3) is 0 Å². The zero-order valence-electron chi connectivity index (χ0n) is 12.4. The second-order valence-corrected chi connectivity index (χ2v) is 5.82. The standard InChI is InChI=1S/C17H20O4/c1-16(2,20-12-14-7-4-3-5-8-14)9-6-10-17(13-18)11-15(19)21-17/h3-9,13H,10-12H2,1-2H3/b9-6+/t17-/m0/s1. The third-order valence-electron chi connectivity index (χ3n) is 3.41. The lowest BCUT2D eigenvalue weighted by Crippen LogP contribution is -2.48. The van der Waals surface area contributed by atoms with Gasteiger partial charge in [0.2, 0.25) is 0 Å². The summed E-state index contributed by atoms with van der Waals surface area (Å²) in [7, 11) is 0. The topological polar surface area (TPSA) is 52.6 Å². The van der Waals surface area contributed by atoms with E-state index in [1.54, 1.807) is 0 Å². The van der Waals surface area contributed by atoms with Crippen molar-refractivity contribution >= 4 is 12.3 Å². The third-order valence-corrected chi connectivity index (χ3v) is 3.41. The summed E-state index contributed by atoms with van der Waals surface area (Å²) in [4.78, 5) is 21.8. The fourth-order valence-electron chi connectivity index (χ4n) is 2.12. The predicted octanol–water partition coefficient (Wildman–Crippen LogP) is 2.81. The number of ether oxygens (including phenoxy) is 2. The Hall–Kier alpha value is -1.94. The molecule has 1 heterocycles. The molecule has 1 fully saturated rings. The highest BCUT2D eigenvalue weighted by Gasteiger charge is 2.45. The van der Waals surface area contributed by atoms with E-state index in [0.717, 1.165) is 5.56 Å². The van der Waals surface area contributed by atoms with Crippen LogP contribution >= 0.6 is 0 Å². The first-order valence-corrected chi connectivity index (χ1v) is 6.98. The minimum atomic E-state index is -0.955. The Labute approximate surface area is 124 Å². The van der Waals surface area contributed by atoms with E-state index in [-0.39, 0.29) is 12.4 Å². The van der Waals surface area contributed by atoms with Crippen LogP contribution in [0.1, 0.15) is 32.3 Å². The molecule has 1 aliphatic rings. The number of cyclic esters (lactones) is 1. The molecule has 1 atom stereocenters. The van der Waals surface area contributed by atoms with Crippen molar-refractivity contribution in [1.29, 1.82) is 0 Å². The van der Waals surface area contributed by atoms with Gasteiger partial charge in [-0.1, -0.05) is 42.5 Å². The zero-order valence-corrected chi connectivity index (χ0v) is 12.4. The van der Waals surface area contributed by atoms with E-state index < -0.39 is 11.2 Å². The summed E-state index contributed by atoms with van der Waals surface area (Å²) in [6.45, 7) is 4.42. The van der Waals surface area contributed by atoms with E-state index in [1.165, 1.54) is 0 Å². The first kappa shape index (κ1) is 15.4. The minimum Gasteiger partial charge on any atom is -0.450 e. The van der Waals surface area contributed by atoms with Crippen LogP contribution in [0, 0.1) is 0 Å². The average Bonchev–Trinajstić information content (AvgIpc) is 2.44. The molecule has 1 aromatic carbocycles. The number of hydrogen-bond donors (Lipinski definition) is 0. The van der Waals surface area contributed by atoms with Gasteiger partial charge in [0.15, 0.2) is 11.9 Å². The van der Waals surface area contributed by atoms with Crippen molar-refractivity contribution in [3.8, 4) is 0 Å². The van der Waals surface area contributed by atoms with Crippen LogP contribution < -0.4 is 0 Å². The molecule has 112 valence electrons. The van der Waals surface area contributed by atoms with Crippen LogP contribution in [0.5, 0.6) is 0 Å². The molecule has 0 aliphatic carbocycles. The van der Waals surface area contributed by atoms with E-state index in [1.807, 2.05) is 56.3 Å². The number of rotatable bonds is 7. The maximum absolute atomic E-state index is 11.0. The quantitative estimate of drug-likeness (QED) is 0.440. The molecule has 0 spiro atoms. The second kappa shape index (κ2) is 6.22. The van der Waals surface area contributed by atoms with Gasteiger partial charge in [-0.3, -0.25) is 9.59 Å². The van der Waals surface area contributed by atoms with Crippen LogP contribution in [0.3, 0.4) is 0 Å². The van der Waals surface area contributed by atoms with Gasteiger partial charge < -0.3 is 9.47 Å².